The van der Waals surface area contributed by atoms with Crippen molar-refractivity contribution >= 4 is 6.09 Å². The second-order valence-electron chi connectivity index (χ2n) is 6.37. The molecule has 0 unspecified atom stereocenters. The second kappa shape index (κ2) is 5.72. The van der Waals surface area contributed by atoms with E-state index in [0.717, 1.165) is 32.6 Å². The number of nitrogens with one attached hydrogen (secondary N) is 2. The van der Waals surface area contributed by atoms with Gasteiger partial charge in [-0.25, -0.2) is 4.79 Å². The lowest BCUT2D eigenvalue weighted by Crippen LogP contribution is -2.43. The maximum absolute atomic E-state index is 12.1. The fourth-order valence-electron chi connectivity index (χ4n) is 2.56. The zero-order valence-electron chi connectivity index (χ0n) is 12.2. The van der Waals surface area contributed by atoms with E-state index in [2.05, 4.69) is 10.6 Å². The molecule has 0 saturated carbocycles. The number of piperidine rings is 1. The molecule has 1 atom stereocenters. The van der Waals surface area contributed by atoms with Crippen LogP contribution in [0.2, 0.25) is 0 Å². The number of rotatable bonds is 2. The Morgan fingerprint density at radius 1 is 1.53 bits per heavy atom. The molecule has 0 aromatic carbocycles. The van der Waals surface area contributed by atoms with E-state index in [1.807, 2.05) is 31.9 Å². The summed E-state index contributed by atoms with van der Waals surface area (Å²) in [6.07, 6.45) is 5.10. The van der Waals surface area contributed by atoms with Crippen molar-refractivity contribution in [3.05, 3.63) is 11.9 Å². The summed E-state index contributed by atoms with van der Waals surface area (Å²) in [5.74, 6) is 0.528. The lowest BCUT2D eigenvalue weighted by atomic mass is 9.94. The molecule has 2 heterocycles. The van der Waals surface area contributed by atoms with Crippen molar-refractivity contribution < 1.29 is 9.53 Å². The number of carbonyl (C=O) groups excluding carboxylic acids is 1. The minimum atomic E-state index is -0.413. The Labute approximate surface area is 115 Å². The Morgan fingerprint density at radius 3 is 2.95 bits per heavy atom. The van der Waals surface area contributed by atoms with Crippen molar-refractivity contribution in [3.63, 3.8) is 0 Å². The van der Waals surface area contributed by atoms with Gasteiger partial charge in [-0.2, -0.15) is 0 Å². The van der Waals surface area contributed by atoms with E-state index in [-0.39, 0.29) is 6.09 Å². The summed E-state index contributed by atoms with van der Waals surface area (Å²) in [4.78, 5) is 13.9. The van der Waals surface area contributed by atoms with Crippen LogP contribution in [0.5, 0.6) is 0 Å². The number of hydrogen-bond donors (Lipinski definition) is 2. The average molecular weight is 267 g/mol. The first-order valence-electron chi connectivity index (χ1n) is 7.08. The molecule has 2 N–H and O–H groups in total. The molecular weight excluding hydrogens is 242 g/mol. The number of nitrogens with zero attached hydrogens (tertiary/aromatic N) is 1. The fourth-order valence-corrected chi connectivity index (χ4v) is 2.56. The minimum absolute atomic E-state index is 0.177. The van der Waals surface area contributed by atoms with Crippen molar-refractivity contribution in [3.8, 4) is 0 Å². The van der Waals surface area contributed by atoms with E-state index in [1.54, 1.807) is 0 Å². The van der Waals surface area contributed by atoms with Crippen LogP contribution in [0.3, 0.4) is 0 Å². The van der Waals surface area contributed by atoms with E-state index in [4.69, 9.17) is 4.74 Å². The summed E-state index contributed by atoms with van der Waals surface area (Å²) in [6.45, 7) is 8.16. The van der Waals surface area contributed by atoms with Crippen molar-refractivity contribution in [1.82, 2.24) is 15.5 Å². The van der Waals surface area contributed by atoms with Crippen LogP contribution in [0.25, 0.3) is 0 Å². The van der Waals surface area contributed by atoms with Gasteiger partial charge >= 0.3 is 6.09 Å². The molecule has 1 amide bonds. The van der Waals surface area contributed by atoms with Gasteiger partial charge in [-0.05, 0) is 46.0 Å². The highest BCUT2D eigenvalue weighted by molar-refractivity contribution is 5.68. The Balaban J connectivity index is 1.84. The monoisotopic (exact) mass is 267 g/mol. The molecular formula is C14H25N3O2. The van der Waals surface area contributed by atoms with Gasteiger partial charge in [0.05, 0.1) is 6.67 Å². The minimum Gasteiger partial charge on any atom is -0.444 e. The van der Waals surface area contributed by atoms with E-state index in [9.17, 15) is 4.79 Å². The smallest absolute Gasteiger partial charge is 0.410 e. The Kier molecular flexibility index (Phi) is 4.22. The maximum atomic E-state index is 12.1. The lowest BCUT2D eigenvalue weighted by Gasteiger charge is -2.34. The number of likely N-dealkylation sites (tertiary alicyclic amines) is 1. The third-order valence-electron chi connectivity index (χ3n) is 3.37. The van der Waals surface area contributed by atoms with Gasteiger partial charge in [0.1, 0.15) is 5.60 Å². The van der Waals surface area contributed by atoms with Crippen LogP contribution in [0, 0.1) is 5.92 Å². The van der Waals surface area contributed by atoms with E-state index in [0.29, 0.717) is 5.92 Å². The predicted molar refractivity (Wildman–Crippen MR) is 74.4 cm³/mol. The van der Waals surface area contributed by atoms with Crippen molar-refractivity contribution in [2.45, 2.75) is 45.6 Å². The first-order chi connectivity index (χ1) is 8.94. The molecule has 0 bridgehead atoms. The molecule has 1 fully saturated rings. The van der Waals surface area contributed by atoms with Crippen molar-refractivity contribution in [2.75, 3.05) is 19.8 Å². The number of carbonyl (C=O) groups is 1. The van der Waals surface area contributed by atoms with Gasteiger partial charge in [-0.3, -0.25) is 0 Å². The van der Waals surface area contributed by atoms with Gasteiger partial charge in [-0.15, -0.1) is 0 Å². The number of ether oxygens (including phenoxy) is 1. The van der Waals surface area contributed by atoms with Crippen LogP contribution < -0.4 is 10.6 Å². The highest BCUT2D eigenvalue weighted by Crippen LogP contribution is 2.24. The lowest BCUT2D eigenvalue weighted by molar-refractivity contribution is 0.0165. The van der Waals surface area contributed by atoms with Crippen LogP contribution in [0.15, 0.2) is 11.9 Å². The Morgan fingerprint density at radius 2 is 2.32 bits per heavy atom. The third kappa shape index (κ3) is 4.33. The maximum Gasteiger partial charge on any atom is 0.410 e. The van der Waals surface area contributed by atoms with Gasteiger partial charge in [0.2, 0.25) is 0 Å². The standard InChI is InChI=1S/C14H25N3O2/c1-14(2,3)19-13(18)17-6-4-5-11(9-17)7-12-8-15-10-16-12/h8,11,15-16H,4-7,9-10H2,1-3H3/t11-/m0/s1. The summed E-state index contributed by atoms with van der Waals surface area (Å²) in [5, 5.41) is 6.45. The molecule has 0 aromatic rings. The molecule has 0 aromatic heterocycles. The first kappa shape index (κ1) is 14.0. The molecule has 19 heavy (non-hydrogen) atoms. The second-order valence-corrected chi connectivity index (χ2v) is 6.37. The highest BCUT2D eigenvalue weighted by atomic mass is 16.6. The summed E-state index contributed by atoms with van der Waals surface area (Å²) in [6, 6.07) is 0. The third-order valence-corrected chi connectivity index (χ3v) is 3.37. The molecule has 5 nitrogen and oxygen atoms in total. The average Bonchev–Trinajstić information content (AvgIpc) is 2.80. The molecule has 0 radical (unpaired) electrons. The molecule has 0 spiro atoms. The quantitative estimate of drug-likeness (QED) is 0.803. The molecule has 108 valence electrons. The van der Waals surface area contributed by atoms with Crippen LogP contribution in [-0.4, -0.2) is 36.4 Å². The molecule has 0 aliphatic carbocycles. The van der Waals surface area contributed by atoms with Crippen molar-refractivity contribution in [2.24, 2.45) is 5.92 Å². The topological polar surface area (TPSA) is 53.6 Å². The number of hydrogen-bond acceptors (Lipinski definition) is 4. The summed E-state index contributed by atoms with van der Waals surface area (Å²) >= 11 is 0. The number of amides is 1. The van der Waals surface area contributed by atoms with Crippen LogP contribution in [0.1, 0.15) is 40.0 Å². The summed E-state index contributed by atoms with van der Waals surface area (Å²) < 4.78 is 5.44. The highest BCUT2D eigenvalue weighted by Gasteiger charge is 2.28. The molecule has 2 aliphatic heterocycles. The molecule has 2 rings (SSSR count). The van der Waals surface area contributed by atoms with Crippen LogP contribution in [0.4, 0.5) is 4.79 Å². The normalized spacial score (nSPS) is 23.4. The van der Waals surface area contributed by atoms with Gasteiger partial charge in [0, 0.05) is 25.0 Å². The zero-order valence-corrected chi connectivity index (χ0v) is 12.2. The van der Waals surface area contributed by atoms with E-state index < -0.39 is 5.60 Å². The summed E-state index contributed by atoms with van der Waals surface area (Å²) in [7, 11) is 0. The summed E-state index contributed by atoms with van der Waals surface area (Å²) in [5.41, 5.74) is 0.833. The van der Waals surface area contributed by atoms with Gasteiger partial charge in [0.15, 0.2) is 0 Å². The zero-order chi connectivity index (χ0) is 13.9. The molecule has 1 saturated heterocycles. The van der Waals surface area contributed by atoms with Crippen LogP contribution in [-0.2, 0) is 4.74 Å². The first-order valence-corrected chi connectivity index (χ1v) is 7.08. The predicted octanol–water partition coefficient (Wildman–Crippen LogP) is 2.02. The Bertz CT molecular complexity index is 360. The van der Waals surface area contributed by atoms with Gasteiger partial charge < -0.3 is 20.3 Å². The molecule has 5 heteroatoms. The SMILES string of the molecule is CC(C)(C)OC(=O)N1CCC[C@@H](CC2=CNCN2)C1. The van der Waals surface area contributed by atoms with Crippen LogP contribution >= 0.6 is 0 Å². The van der Waals surface area contributed by atoms with Gasteiger partial charge in [0.25, 0.3) is 0 Å². The molecule has 2 aliphatic rings. The number of allylic oxidation sites excluding steroid dienone is 1. The van der Waals surface area contributed by atoms with E-state index >= 15 is 0 Å². The fraction of sp³-hybridized carbons (Fsp3) is 0.786. The van der Waals surface area contributed by atoms with E-state index in [1.165, 1.54) is 12.1 Å². The Hall–Kier alpha value is -1.39. The largest absolute Gasteiger partial charge is 0.444 e. The van der Waals surface area contributed by atoms with Gasteiger partial charge in [-0.1, -0.05) is 0 Å². The van der Waals surface area contributed by atoms with Crippen molar-refractivity contribution in [1.29, 1.82) is 0 Å².